The van der Waals surface area contributed by atoms with E-state index < -0.39 is 17.7 Å². The first-order valence-corrected chi connectivity index (χ1v) is 12.4. The van der Waals surface area contributed by atoms with Crippen molar-refractivity contribution in [1.29, 1.82) is 0 Å². The minimum atomic E-state index is -0.826. The molecule has 0 aliphatic carbocycles. The number of aliphatic hydroxyl groups excluding tert-OH is 1. The molecule has 1 unspecified atom stereocenters. The van der Waals surface area contributed by atoms with Crippen LogP contribution in [0.4, 0.5) is 11.4 Å². The van der Waals surface area contributed by atoms with Crippen LogP contribution in [0.3, 0.4) is 0 Å². The highest BCUT2D eigenvalue weighted by atomic mass is 16.5. The number of aliphatic hydroxyl groups is 1. The van der Waals surface area contributed by atoms with Gasteiger partial charge in [0.05, 0.1) is 25.8 Å². The van der Waals surface area contributed by atoms with E-state index in [4.69, 9.17) is 9.47 Å². The zero-order valence-corrected chi connectivity index (χ0v) is 21.2. The van der Waals surface area contributed by atoms with Gasteiger partial charge in [0.25, 0.3) is 11.7 Å². The van der Waals surface area contributed by atoms with Crippen molar-refractivity contribution in [2.45, 2.75) is 25.8 Å². The van der Waals surface area contributed by atoms with Crippen molar-refractivity contribution in [3.63, 3.8) is 0 Å². The second kappa shape index (κ2) is 10.0. The number of carbonyl (C=O) groups is 2. The first-order chi connectivity index (χ1) is 18.0. The summed E-state index contributed by atoms with van der Waals surface area (Å²) >= 11 is 0. The number of carbonyl (C=O) groups excluding carboxylic acids is 2. The second-order valence-electron chi connectivity index (χ2n) is 9.27. The van der Waals surface area contributed by atoms with Crippen molar-refractivity contribution in [2.75, 3.05) is 37.1 Å². The summed E-state index contributed by atoms with van der Waals surface area (Å²) in [5.41, 5.74) is 3.54. The lowest BCUT2D eigenvalue weighted by Gasteiger charge is -2.27. The van der Waals surface area contributed by atoms with Crippen LogP contribution in [-0.4, -0.2) is 44.1 Å². The minimum Gasteiger partial charge on any atom is -0.506 e. The Balaban J connectivity index is 1.70. The SMILES string of the molecule is COc1cccc(OC)c1/C(O)=C1\C(=O)C(=O)N(c2ccc(N3CCCC3)cc2)C1c1ccccc1C. The number of rotatable bonds is 6. The average molecular weight is 499 g/mol. The average Bonchev–Trinajstić information content (AvgIpc) is 3.55. The Kier molecular flexibility index (Phi) is 6.61. The molecule has 190 valence electrons. The summed E-state index contributed by atoms with van der Waals surface area (Å²) in [7, 11) is 2.95. The van der Waals surface area contributed by atoms with Gasteiger partial charge in [-0.2, -0.15) is 0 Å². The van der Waals surface area contributed by atoms with Gasteiger partial charge in [-0.15, -0.1) is 0 Å². The summed E-state index contributed by atoms with van der Waals surface area (Å²) in [6.07, 6.45) is 2.33. The molecule has 0 aromatic heterocycles. The van der Waals surface area contributed by atoms with Crippen LogP contribution in [0, 0.1) is 6.92 Å². The fourth-order valence-corrected chi connectivity index (χ4v) is 5.31. The Morgan fingerprint density at radius 1 is 0.838 bits per heavy atom. The summed E-state index contributed by atoms with van der Waals surface area (Å²) < 4.78 is 11.0. The molecule has 5 rings (SSSR count). The van der Waals surface area contributed by atoms with E-state index in [1.807, 2.05) is 55.5 Å². The first kappa shape index (κ1) is 24.4. The van der Waals surface area contributed by atoms with Crippen LogP contribution in [0.5, 0.6) is 11.5 Å². The molecule has 0 spiro atoms. The van der Waals surface area contributed by atoms with Crippen LogP contribution >= 0.6 is 0 Å². The summed E-state index contributed by atoms with van der Waals surface area (Å²) in [6.45, 7) is 3.94. The molecule has 1 atom stereocenters. The quantitative estimate of drug-likeness (QED) is 0.285. The molecular formula is C30H30N2O5. The molecule has 0 radical (unpaired) electrons. The number of hydrogen-bond donors (Lipinski definition) is 1. The fourth-order valence-electron chi connectivity index (χ4n) is 5.31. The van der Waals surface area contributed by atoms with Gasteiger partial charge in [0.2, 0.25) is 0 Å². The molecule has 1 N–H and O–H groups in total. The number of benzene rings is 3. The number of aryl methyl sites for hydroxylation is 1. The molecule has 0 bridgehead atoms. The van der Waals surface area contributed by atoms with Gasteiger partial charge in [-0.25, -0.2) is 0 Å². The number of Topliss-reactive ketones (excluding diaryl/α,β-unsaturated/α-hetero) is 1. The number of ether oxygens (including phenoxy) is 2. The Morgan fingerprint density at radius 3 is 2.03 bits per heavy atom. The lowest BCUT2D eigenvalue weighted by molar-refractivity contribution is -0.132. The van der Waals surface area contributed by atoms with Crippen LogP contribution in [-0.2, 0) is 9.59 Å². The smallest absolute Gasteiger partial charge is 0.300 e. The number of methoxy groups -OCH3 is 2. The molecule has 7 heteroatoms. The highest BCUT2D eigenvalue weighted by molar-refractivity contribution is 6.51. The van der Waals surface area contributed by atoms with Crippen molar-refractivity contribution < 1.29 is 24.2 Å². The highest BCUT2D eigenvalue weighted by Crippen LogP contribution is 2.46. The Labute approximate surface area is 216 Å². The summed E-state index contributed by atoms with van der Waals surface area (Å²) in [6, 6.07) is 19.5. The second-order valence-corrected chi connectivity index (χ2v) is 9.27. The van der Waals surface area contributed by atoms with Gasteiger partial charge in [0, 0.05) is 24.5 Å². The van der Waals surface area contributed by atoms with Crippen molar-refractivity contribution in [1.82, 2.24) is 0 Å². The Bertz CT molecular complexity index is 1350. The van der Waals surface area contributed by atoms with Crippen molar-refractivity contribution in [3.05, 3.63) is 89.0 Å². The Hall–Kier alpha value is -4.26. The van der Waals surface area contributed by atoms with E-state index in [1.165, 1.54) is 19.1 Å². The molecule has 2 saturated heterocycles. The maximum Gasteiger partial charge on any atom is 0.300 e. The van der Waals surface area contributed by atoms with Crippen molar-refractivity contribution in [3.8, 4) is 11.5 Å². The normalized spacial score (nSPS) is 18.9. The van der Waals surface area contributed by atoms with Gasteiger partial charge in [-0.3, -0.25) is 14.5 Å². The minimum absolute atomic E-state index is 0.00859. The third-order valence-electron chi connectivity index (χ3n) is 7.19. The monoisotopic (exact) mass is 498 g/mol. The molecule has 3 aromatic rings. The topological polar surface area (TPSA) is 79.3 Å². The third kappa shape index (κ3) is 4.20. The summed E-state index contributed by atoms with van der Waals surface area (Å²) in [5, 5.41) is 11.6. The number of ketones is 1. The lowest BCUT2D eigenvalue weighted by Crippen LogP contribution is -2.29. The molecule has 0 saturated carbocycles. The molecule has 2 fully saturated rings. The summed E-state index contributed by atoms with van der Waals surface area (Å²) in [4.78, 5) is 30.9. The lowest BCUT2D eigenvalue weighted by atomic mass is 9.92. The standard InChI is InChI=1S/C30H30N2O5/c1-19-9-4-5-10-22(19)27-26(28(33)25-23(36-2)11-8-12-24(25)37-3)29(34)30(35)32(27)21-15-13-20(14-16-21)31-17-6-7-18-31/h4-5,8-16,27,33H,6-7,17-18H2,1-3H3/b28-26+. The van der Waals surface area contributed by atoms with Gasteiger partial charge in [0.15, 0.2) is 0 Å². The van der Waals surface area contributed by atoms with Crippen molar-refractivity contribution in [2.24, 2.45) is 0 Å². The van der Waals surface area contributed by atoms with Gasteiger partial charge in [-0.05, 0) is 67.3 Å². The van der Waals surface area contributed by atoms with Crippen LogP contribution in [0.15, 0.2) is 72.3 Å². The molecule has 37 heavy (non-hydrogen) atoms. The molecule has 2 aliphatic heterocycles. The third-order valence-corrected chi connectivity index (χ3v) is 7.19. The highest BCUT2D eigenvalue weighted by Gasteiger charge is 2.48. The van der Waals surface area contributed by atoms with Crippen LogP contribution in [0.2, 0.25) is 0 Å². The van der Waals surface area contributed by atoms with Crippen LogP contribution < -0.4 is 19.3 Å². The molecule has 7 nitrogen and oxygen atoms in total. The fraction of sp³-hybridized carbons (Fsp3) is 0.267. The molecular weight excluding hydrogens is 468 g/mol. The molecule has 1 amide bonds. The Morgan fingerprint density at radius 2 is 1.43 bits per heavy atom. The van der Waals surface area contributed by atoms with Crippen molar-refractivity contribution >= 4 is 28.8 Å². The van der Waals surface area contributed by atoms with E-state index in [1.54, 1.807) is 18.2 Å². The number of hydrogen-bond acceptors (Lipinski definition) is 6. The first-order valence-electron chi connectivity index (χ1n) is 12.4. The molecule has 2 heterocycles. The maximum absolute atomic E-state index is 13.6. The largest absolute Gasteiger partial charge is 0.506 e. The van der Waals surface area contributed by atoms with Crippen LogP contribution in [0.1, 0.15) is 35.6 Å². The van der Waals surface area contributed by atoms with E-state index in [0.717, 1.165) is 42.7 Å². The number of nitrogens with zero attached hydrogens (tertiary/aromatic N) is 2. The molecule has 2 aliphatic rings. The summed E-state index contributed by atoms with van der Waals surface area (Å²) in [5.74, 6) is -1.12. The number of amides is 1. The molecule has 3 aromatic carbocycles. The zero-order chi connectivity index (χ0) is 26.1. The predicted molar refractivity (Wildman–Crippen MR) is 143 cm³/mol. The van der Waals surface area contributed by atoms with Crippen LogP contribution in [0.25, 0.3) is 5.76 Å². The van der Waals surface area contributed by atoms with Gasteiger partial charge in [0.1, 0.15) is 22.8 Å². The maximum atomic E-state index is 13.6. The van der Waals surface area contributed by atoms with E-state index in [2.05, 4.69) is 4.90 Å². The predicted octanol–water partition coefficient (Wildman–Crippen LogP) is 5.24. The van der Waals surface area contributed by atoms with Gasteiger partial charge in [-0.1, -0.05) is 30.3 Å². The van der Waals surface area contributed by atoms with E-state index >= 15 is 0 Å². The number of anilines is 2. The van der Waals surface area contributed by atoms with Gasteiger partial charge < -0.3 is 19.5 Å². The zero-order valence-electron chi connectivity index (χ0n) is 21.2. The van der Waals surface area contributed by atoms with Gasteiger partial charge >= 0.3 is 0 Å². The van der Waals surface area contributed by atoms with E-state index in [-0.39, 0.29) is 16.9 Å². The van der Waals surface area contributed by atoms with E-state index in [9.17, 15) is 14.7 Å². The van der Waals surface area contributed by atoms with E-state index in [0.29, 0.717) is 17.2 Å².